The molecule has 1 heterocycles. The third-order valence-electron chi connectivity index (χ3n) is 2.59. The maximum atomic E-state index is 5.95. The number of thiazole rings is 1. The van der Waals surface area contributed by atoms with Crippen LogP contribution in [0, 0.1) is 20.8 Å². The van der Waals surface area contributed by atoms with Crippen molar-refractivity contribution in [3.05, 3.63) is 39.3 Å². The van der Waals surface area contributed by atoms with Gasteiger partial charge in [0.25, 0.3) is 0 Å². The van der Waals surface area contributed by atoms with Crippen LogP contribution in [-0.2, 0) is 5.75 Å². The van der Waals surface area contributed by atoms with E-state index in [1.165, 1.54) is 15.4 Å². The Balaban J connectivity index is 2.09. The lowest BCUT2D eigenvalue weighted by Crippen LogP contribution is -1.89. The monoisotopic (exact) mass is 264 g/mol. The van der Waals surface area contributed by atoms with Gasteiger partial charge >= 0.3 is 0 Å². The van der Waals surface area contributed by atoms with Gasteiger partial charge in [-0.15, -0.1) is 23.1 Å². The van der Waals surface area contributed by atoms with Crippen LogP contribution < -0.4 is 5.73 Å². The molecule has 0 fully saturated rings. The Morgan fingerprint density at radius 2 is 2.06 bits per heavy atom. The lowest BCUT2D eigenvalue weighted by Gasteiger charge is -2.04. The highest BCUT2D eigenvalue weighted by Gasteiger charge is 2.06. The van der Waals surface area contributed by atoms with Gasteiger partial charge in [0.1, 0.15) is 5.01 Å². The summed E-state index contributed by atoms with van der Waals surface area (Å²) in [5.74, 6) is 0.896. The van der Waals surface area contributed by atoms with Gasteiger partial charge in [0, 0.05) is 15.5 Å². The molecule has 0 bridgehead atoms. The van der Waals surface area contributed by atoms with Crippen molar-refractivity contribution in [1.29, 1.82) is 0 Å². The van der Waals surface area contributed by atoms with Crippen molar-refractivity contribution in [2.45, 2.75) is 31.4 Å². The van der Waals surface area contributed by atoms with Crippen molar-refractivity contribution in [1.82, 2.24) is 4.98 Å². The predicted octanol–water partition coefficient (Wildman–Crippen LogP) is 3.94. The molecule has 0 aliphatic rings. The molecule has 1 aromatic heterocycles. The van der Waals surface area contributed by atoms with Crippen LogP contribution in [0.5, 0.6) is 0 Å². The number of aromatic nitrogens is 1. The third-order valence-corrected chi connectivity index (χ3v) is 4.93. The Labute approximate surface area is 110 Å². The van der Waals surface area contributed by atoms with Crippen LogP contribution in [0.4, 0.5) is 5.69 Å². The Morgan fingerprint density at radius 1 is 1.29 bits per heavy atom. The Hall–Kier alpha value is -1.00. The summed E-state index contributed by atoms with van der Waals surface area (Å²) in [6, 6.07) is 6.14. The van der Waals surface area contributed by atoms with Crippen molar-refractivity contribution in [2.75, 3.05) is 5.73 Å². The molecular weight excluding hydrogens is 248 g/mol. The van der Waals surface area contributed by atoms with Crippen molar-refractivity contribution < 1.29 is 0 Å². The lowest BCUT2D eigenvalue weighted by atomic mass is 10.2. The molecule has 0 atom stereocenters. The van der Waals surface area contributed by atoms with E-state index >= 15 is 0 Å². The van der Waals surface area contributed by atoms with Crippen molar-refractivity contribution in [3.63, 3.8) is 0 Å². The second-order valence-corrected chi connectivity index (χ2v) is 6.38. The summed E-state index contributed by atoms with van der Waals surface area (Å²) in [5.41, 5.74) is 9.19. The highest BCUT2D eigenvalue weighted by Crippen LogP contribution is 2.30. The minimum atomic E-state index is 0.852. The summed E-state index contributed by atoms with van der Waals surface area (Å²) in [6.07, 6.45) is 0. The lowest BCUT2D eigenvalue weighted by molar-refractivity contribution is 1.16. The number of aryl methyl sites for hydroxylation is 3. The first-order chi connectivity index (χ1) is 8.06. The summed E-state index contributed by atoms with van der Waals surface area (Å²) in [7, 11) is 0. The molecular formula is C13H16N2S2. The van der Waals surface area contributed by atoms with E-state index in [0.29, 0.717) is 0 Å². The van der Waals surface area contributed by atoms with Gasteiger partial charge in [-0.05, 0) is 38.5 Å². The second-order valence-electron chi connectivity index (χ2n) is 4.08. The minimum absolute atomic E-state index is 0.852. The van der Waals surface area contributed by atoms with Gasteiger partial charge in [-0.3, -0.25) is 0 Å². The largest absolute Gasteiger partial charge is 0.398 e. The zero-order valence-corrected chi connectivity index (χ0v) is 11.9. The number of nitrogens with zero attached hydrogens (tertiary/aromatic N) is 1. The fourth-order valence-corrected chi connectivity index (χ4v) is 3.50. The van der Waals surface area contributed by atoms with E-state index in [2.05, 4.69) is 31.8 Å². The molecule has 0 radical (unpaired) electrons. The summed E-state index contributed by atoms with van der Waals surface area (Å²) in [6.45, 7) is 6.25. The molecule has 0 spiro atoms. The molecule has 1 aromatic carbocycles. The topological polar surface area (TPSA) is 38.9 Å². The minimum Gasteiger partial charge on any atom is -0.398 e. The van der Waals surface area contributed by atoms with E-state index < -0.39 is 0 Å². The van der Waals surface area contributed by atoms with Gasteiger partial charge in [0.2, 0.25) is 0 Å². The highest BCUT2D eigenvalue weighted by atomic mass is 32.2. The number of hydrogen-bond donors (Lipinski definition) is 1. The van der Waals surface area contributed by atoms with Gasteiger partial charge < -0.3 is 5.73 Å². The zero-order chi connectivity index (χ0) is 12.4. The summed E-state index contributed by atoms with van der Waals surface area (Å²) >= 11 is 3.53. The predicted molar refractivity (Wildman–Crippen MR) is 76.7 cm³/mol. The second kappa shape index (κ2) is 5.10. The SMILES string of the molecule is Cc1ccc(N)c(SCc2nc(C)c(C)s2)c1. The number of hydrogen-bond acceptors (Lipinski definition) is 4. The zero-order valence-electron chi connectivity index (χ0n) is 10.3. The van der Waals surface area contributed by atoms with Gasteiger partial charge in [-0.2, -0.15) is 0 Å². The number of nitrogens with two attached hydrogens (primary N) is 1. The molecule has 0 unspecified atom stereocenters. The smallest absolute Gasteiger partial charge is 0.103 e. The molecule has 0 amide bonds. The van der Waals surface area contributed by atoms with Crippen LogP contribution in [0.3, 0.4) is 0 Å². The van der Waals surface area contributed by atoms with E-state index in [1.807, 2.05) is 12.1 Å². The molecule has 4 heteroatoms. The number of anilines is 1. The fourth-order valence-electron chi connectivity index (χ4n) is 1.51. The maximum Gasteiger partial charge on any atom is 0.103 e. The van der Waals surface area contributed by atoms with Crippen LogP contribution in [0.2, 0.25) is 0 Å². The first-order valence-electron chi connectivity index (χ1n) is 5.48. The average molecular weight is 264 g/mol. The molecule has 2 aromatic rings. The standard InChI is InChI=1S/C13H16N2S2/c1-8-4-5-11(14)12(6-8)16-7-13-15-9(2)10(3)17-13/h4-6H,7,14H2,1-3H3. The average Bonchev–Trinajstić information content (AvgIpc) is 2.60. The number of nitrogen functional groups attached to an aromatic ring is 1. The molecule has 2 N–H and O–H groups in total. The van der Waals surface area contributed by atoms with Gasteiger partial charge in [-0.25, -0.2) is 4.98 Å². The quantitative estimate of drug-likeness (QED) is 0.674. The van der Waals surface area contributed by atoms with E-state index in [4.69, 9.17) is 5.73 Å². The van der Waals surface area contributed by atoms with Gasteiger partial charge in [0.05, 0.1) is 11.4 Å². The van der Waals surface area contributed by atoms with Crippen LogP contribution in [0.1, 0.15) is 21.1 Å². The van der Waals surface area contributed by atoms with Crippen LogP contribution in [-0.4, -0.2) is 4.98 Å². The molecule has 90 valence electrons. The first-order valence-corrected chi connectivity index (χ1v) is 7.28. The summed E-state index contributed by atoms with van der Waals surface area (Å²) in [5, 5.41) is 1.17. The number of benzene rings is 1. The fraction of sp³-hybridized carbons (Fsp3) is 0.308. The Bertz CT molecular complexity index is 513. The molecule has 2 nitrogen and oxygen atoms in total. The van der Waals surface area contributed by atoms with Crippen LogP contribution in [0.25, 0.3) is 0 Å². The molecule has 0 saturated carbocycles. The first kappa shape index (κ1) is 12.5. The Kier molecular flexibility index (Phi) is 3.74. The van der Waals surface area contributed by atoms with E-state index in [1.54, 1.807) is 23.1 Å². The van der Waals surface area contributed by atoms with Gasteiger partial charge in [-0.1, -0.05) is 6.07 Å². The van der Waals surface area contributed by atoms with E-state index in [-0.39, 0.29) is 0 Å². The molecule has 0 aliphatic heterocycles. The van der Waals surface area contributed by atoms with Crippen molar-refractivity contribution >= 4 is 28.8 Å². The normalized spacial score (nSPS) is 10.8. The van der Waals surface area contributed by atoms with Crippen molar-refractivity contribution in [2.24, 2.45) is 0 Å². The number of thioether (sulfide) groups is 1. The summed E-state index contributed by atoms with van der Waals surface area (Å²) < 4.78 is 0. The van der Waals surface area contributed by atoms with Gasteiger partial charge in [0.15, 0.2) is 0 Å². The third kappa shape index (κ3) is 3.01. The maximum absolute atomic E-state index is 5.95. The van der Waals surface area contributed by atoms with Crippen LogP contribution >= 0.6 is 23.1 Å². The van der Waals surface area contributed by atoms with E-state index in [9.17, 15) is 0 Å². The molecule has 2 rings (SSSR count). The van der Waals surface area contributed by atoms with Crippen molar-refractivity contribution in [3.8, 4) is 0 Å². The molecule has 17 heavy (non-hydrogen) atoms. The highest BCUT2D eigenvalue weighted by molar-refractivity contribution is 7.98. The number of rotatable bonds is 3. The summed E-state index contributed by atoms with van der Waals surface area (Å²) in [4.78, 5) is 6.99. The molecule has 0 saturated heterocycles. The van der Waals surface area contributed by atoms with E-state index in [0.717, 1.165) is 22.0 Å². The Morgan fingerprint density at radius 3 is 2.71 bits per heavy atom. The molecule has 0 aliphatic carbocycles. The van der Waals surface area contributed by atoms with Crippen LogP contribution in [0.15, 0.2) is 23.1 Å².